The molecule has 1 aliphatic carbocycles. The van der Waals surface area contributed by atoms with Crippen LogP contribution in [0.1, 0.15) is 54.3 Å². The highest BCUT2D eigenvalue weighted by molar-refractivity contribution is 5.97. The van der Waals surface area contributed by atoms with E-state index in [1.807, 2.05) is 12.1 Å². The number of carbonyl (C=O) groups excluding carboxylic acids is 1. The van der Waals surface area contributed by atoms with Crippen molar-refractivity contribution >= 4 is 11.5 Å². The van der Waals surface area contributed by atoms with Gasteiger partial charge in [0.25, 0.3) is 0 Å². The van der Waals surface area contributed by atoms with Gasteiger partial charge in [0.2, 0.25) is 11.8 Å². The second kappa shape index (κ2) is 9.66. The molecule has 1 aliphatic heterocycles. The van der Waals surface area contributed by atoms with E-state index < -0.39 is 0 Å². The Balaban J connectivity index is 1.18. The van der Waals surface area contributed by atoms with Gasteiger partial charge < -0.3 is 14.2 Å². The first-order valence-electron chi connectivity index (χ1n) is 12.1. The zero-order valence-corrected chi connectivity index (χ0v) is 19.8. The largest absolute Gasteiger partial charge is 0.420 e. The quantitative estimate of drug-likeness (QED) is 0.471. The molecule has 34 heavy (non-hydrogen) atoms. The summed E-state index contributed by atoms with van der Waals surface area (Å²) in [5, 5.41) is 8.62. The Morgan fingerprint density at radius 3 is 2.32 bits per heavy atom. The molecule has 6 nitrogen and oxygen atoms in total. The van der Waals surface area contributed by atoms with Gasteiger partial charge in [-0.3, -0.25) is 4.79 Å². The van der Waals surface area contributed by atoms with E-state index in [0.29, 0.717) is 23.4 Å². The van der Waals surface area contributed by atoms with Crippen molar-refractivity contribution in [3.63, 3.8) is 0 Å². The molecule has 3 aromatic rings. The predicted octanol–water partition coefficient (Wildman–Crippen LogP) is 5.17. The molecule has 0 amide bonds. The van der Waals surface area contributed by atoms with Crippen LogP contribution in [0.4, 0.5) is 10.1 Å². The highest BCUT2D eigenvalue weighted by Crippen LogP contribution is 2.37. The molecule has 0 N–H and O–H groups in total. The molecule has 2 aliphatic rings. The van der Waals surface area contributed by atoms with Gasteiger partial charge in [0.1, 0.15) is 5.82 Å². The minimum atomic E-state index is -0.323. The van der Waals surface area contributed by atoms with E-state index in [9.17, 15) is 9.18 Å². The first-order valence-corrected chi connectivity index (χ1v) is 12.1. The lowest BCUT2D eigenvalue weighted by Gasteiger charge is -2.25. The number of hydrogen-bond donors (Lipinski definition) is 0. The lowest BCUT2D eigenvalue weighted by atomic mass is 9.78. The summed E-state index contributed by atoms with van der Waals surface area (Å²) in [6.45, 7) is 2.11. The van der Waals surface area contributed by atoms with Crippen LogP contribution in [0.5, 0.6) is 0 Å². The molecule has 1 saturated carbocycles. The molecule has 2 heterocycles. The topological polar surface area (TPSA) is 62.5 Å². The first-order chi connectivity index (χ1) is 16.5. The molecule has 0 radical (unpaired) electrons. The van der Waals surface area contributed by atoms with Crippen molar-refractivity contribution in [3.05, 3.63) is 65.8 Å². The van der Waals surface area contributed by atoms with Gasteiger partial charge in [-0.15, -0.1) is 10.2 Å². The number of ketones is 1. The van der Waals surface area contributed by atoms with Crippen molar-refractivity contribution in [2.75, 3.05) is 32.1 Å². The number of nitrogens with zero attached hydrogens (tertiary/aromatic N) is 4. The fraction of sp³-hybridized carbons (Fsp3) is 0.444. The van der Waals surface area contributed by atoms with Crippen molar-refractivity contribution in [2.45, 2.75) is 44.1 Å². The summed E-state index contributed by atoms with van der Waals surface area (Å²) in [6, 6.07) is 14.8. The Hall–Kier alpha value is -3.06. The highest BCUT2D eigenvalue weighted by atomic mass is 19.1. The number of likely N-dealkylation sites (N-methyl/N-ethyl adjacent to an activating group) is 1. The van der Waals surface area contributed by atoms with Crippen LogP contribution in [0, 0.1) is 11.7 Å². The maximum atomic E-state index is 13.1. The molecule has 0 spiro atoms. The Morgan fingerprint density at radius 1 is 0.971 bits per heavy atom. The summed E-state index contributed by atoms with van der Waals surface area (Å²) in [5.74, 6) is 1.11. The van der Waals surface area contributed by atoms with Gasteiger partial charge in [-0.1, -0.05) is 0 Å². The van der Waals surface area contributed by atoms with Crippen LogP contribution in [0.3, 0.4) is 0 Å². The molecule has 1 atom stereocenters. The molecular weight excluding hydrogens is 431 g/mol. The number of halogens is 1. The monoisotopic (exact) mass is 462 g/mol. The lowest BCUT2D eigenvalue weighted by Crippen LogP contribution is -2.31. The van der Waals surface area contributed by atoms with E-state index in [4.69, 9.17) is 4.42 Å². The molecule has 1 unspecified atom stereocenters. The van der Waals surface area contributed by atoms with E-state index in [-0.39, 0.29) is 23.4 Å². The third kappa shape index (κ3) is 4.75. The van der Waals surface area contributed by atoms with Crippen LogP contribution >= 0.6 is 0 Å². The Morgan fingerprint density at radius 2 is 1.68 bits per heavy atom. The smallest absolute Gasteiger partial charge is 0.247 e. The second-order valence-corrected chi connectivity index (χ2v) is 9.76. The third-order valence-electron chi connectivity index (χ3n) is 7.39. The van der Waals surface area contributed by atoms with E-state index >= 15 is 0 Å². The molecule has 7 heteroatoms. The number of Topliss-reactive ketones (excluding diaryl/α,β-unsaturated/α-hetero) is 1. The minimum absolute atomic E-state index is 0.0330. The summed E-state index contributed by atoms with van der Waals surface area (Å²) in [4.78, 5) is 17.4. The summed E-state index contributed by atoms with van der Waals surface area (Å²) < 4.78 is 19.2. The fourth-order valence-electron chi connectivity index (χ4n) is 5.18. The van der Waals surface area contributed by atoms with Crippen molar-refractivity contribution in [3.8, 4) is 11.5 Å². The van der Waals surface area contributed by atoms with Gasteiger partial charge in [-0.25, -0.2) is 4.39 Å². The zero-order chi connectivity index (χ0) is 23.7. The molecular formula is C27H31FN4O2. The van der Waals surface area contributed by atoms with Crippen LogP contribution in [0.2, 0.25) is 0 Å². The number of rotatable bonds is 6. The van der Waals surface area contributed by atoms with Gasteiger partial charge in [0, 0.05) is 47.8 Å². The molecule has 1 aromatic heterocycles. The van der Waals surface area contributed by atoms with E-state index in [1.54, 1.807) is 12.1 Å². The standard InChI is InChI=1S/C27H31FN4O2/c1-31(2)24-15-16-32(17-24)23-13-9-21(10-14-23)27-30-29-26(34-27)20-5-3-18(4-6-20)25(33)19-7-11-22(28)12-8-19/h7-14,18,20,24H,3-6,15-17H2,1-2H3/t18-,20+,24?. The molecule has 178 valence electrons. The number of anilines is 1. The maximum Gasteiger partial charge on any atom is 0.247 e. The third-order valence-corrected chi connectivity index (χ3v) is 7.39. The number of carbonyl (C=O) groups is 1. The van der Waals surface area contributed by atoms with Crippen LogP contribution in [-0.2, 0) is 0 Å². The summed E-state index contributed by atoms with van der Waals surface area (Å²) in [7, 11) is 4.28. The van der Waals surface area contributed by atoms with E-state index in [2.05, 4.69) is 46.2 Å². The fourth-order valence-corrected chi connectivity index (χ4v) is 5.18. The number of aromatic nitrogens is 2. The molecule has 2 fully saturated rings. The van der Waals surface area contributed by atoms with Crippen molar-refractivity contribution in [1.82, 2.24) is 15.1 Å². The van der Waals surface area contributed by atoms with Crippen LogP contribution in [0.25, 0.3) is 11.5 Å². The van der Waals surface area contributed by atoms with Crippen LogP contribution < -0.4 is 4.90 Å². The van der Waals surface area contributed by atoms with Crippen LogP contribution in [0.15, 0.2) is 52.9 Å². The van der Waals surface area contributed by atoms with Gasteiger partial charge >= 0.3 is 0 Å². The molecule has 0 bridgehead atoms. The van der Waals surface area contributed by atoms with Crippen molar-refractivity contribution < 1.29 is 13.6 Å². The van der Waals surface area contributed by atoms with Crippen LogP contribution in [-0.4, -0.2) is 54.1 Å². The Labute approximate surface area is 199 Å². The second-order valence-electron chi connectivity index (χ2n) is 9.76. The first kappa shape index (κ1) is 22.7. The maximum absolute atomic E-state index is 13.1. The van der Waals surface area contributed by atoms with E-state index in [1.165, 1.54) is 24.2 Å². The van der Waals surface area contributed by atoms with Gasteiger partial charge in [-0.2, -0.15) is 0 Å². The Kier molecular flexibility index (Phi) is 6.46. The molecule has 5 rings (SSSR count). The SMILES string of the molecule is CN(C)C1CCN(c2ccc(-c3nnc([C@H]4CC[C@@H](C(=O)c5ccc(F)cc5)CC4)o3)cc2)C1. The van der Waals surface area contributed by atoms with Gasteiger partial charge in [-0.05, 0) is 94.7 Å². The van der Waals surface area contributed by atoms with Gasteiger partial charge in [0.05, 0.1) is 0 Å². The van der Waals surface area contributed by atoms with Gasteiger partial charge in [0.15, 0.2) is 5.78 Å². The minimum Gasteiger partial charge on any atom is -0.420 e. The predicted molar refractivity (Wildman–Crippen MR) is 129 cm³/mol. The number of benzene rings is 2. The summed E-state index contributed by atoms with van der Waals surface area (Å²) >= 11 is 0. The lowest BCUT2D eigenvalue weighted by molar-refractivity contribution is 0.0880. The average molecular weight is 463 g/mol. The van der Waals surface area contributed by atoms with E-state index in [0.717, 1.165) is 44.3 Å². The summed E-state index contributed by atoms with van der Waals surface area (Å²) in [6.07, 6.45) is 4.40. The molecule has 2 aromatic carbocycles. The highest BCUT2D eigenvalue weighted by Gasteiger charge is 2.30. The summed E-state index contributed by atoms with van der Waals surface area (Å²) in [5.41, 5.74) is 2.72. The normalized spacial score (nSPS) is 22.9. The Bertz CT molecular complexity index is 1120. The zero-order valence-electron chi connectivity index (χ0n) is 19.8. The molecule has 1 saturated heterocycles. The van der Waals surface area contributed by atoms with Crippen molar-refractivity contribution in [2.24, 2.45) is 5.92 Å². The average Bonchev–Trinajstić information content (AvgIpc) is 3.55. The number of hydrogen-bond acceptors (Lipinski definition) is 6. The van der Waals surface area contributed by atoms with Crippen molar-refractivity contribution in [1.29, 1.82) is 0 Å².